The van der Waals surface area contributed by atoms with Gasteiger partial charge in [0.25, 0.3) is 0 Å². The van der Waals surface area contributed by atoms with E-state index < -0.39 is 0 Å². The van der Waals surface area contributed by atoms with E-state index in [0.717, 1.165) is 13.1 Å². The van der Waals surface area contributed by atoms with Gasteiger partial charge in [-0.15, -0.1) is 0 Å². The number of nitrogens with one attached hydrogen (secondary N) is 1. The van der Waals surface area contributed by atoms with Gasteiger partial charge in [-0.2, -0.15) is 0 Å². The Hall–Kier alpha value is -1.88. The second-order valence-electron chi connectivity index (χ2n) is 6.05. The van der Waals surface area contributed by atoms with E-state index in [-0.39, 0.29) is 24.5 Å². The summed E-state index contributed by atoms with van der Waals surface area (Å²) in [7, 11) is 1.57. The zero-order valence-corrected chi connectivity index (χ0v) is 14.0. The van der Waals surface area contributed by atoms with Gasteiger partial charge in [-0.05, 0) is 45.0 Å². The highest BCUT2D eigenvalue weighted by Gasteiger charge is 2.18. The highest BCUT2D eigenvalue weighted by molar-refractivity contribution is 5.98. The van der Waals surface area contributed by atoms with Crippen molar-refractivity contribution in [1.82, 2.24) is 10.2 Å². The van der Waals surface area contributed by atoms with Crippen molar-refractivity contribution in [2.24, 2.45) is 0 Å². The van der Waals surface area contributed by atoms with Crippen molar-refractivity contribution in [2.45, 2.75) is 38.6 Å². The molecule has 0 saturated carbocycles. The summed E-state index contributed by atoms with van der Waals surface area (Å²) in [5.41, 5.74) is 0.586. The lowest BCUT2D eigenvalue weighted by Crippen LogP contribution is -2.40. The molecule has 1 amide bonds. The molecule has 126 valence electrons. The summed E-state index contributed by atoms with van der Waals surface area (Å²) in [6.07, 6.45) is 2.93. The quantitative estimate of drug-likeness (QED) is 0.747. The third-order valence-electron chi connectivity index (χ3n) is 4.33. The van der Waals surface area contributed by atoms with Gasteiger partial charge >= 0.3 is 0 Å². The van der Waals surface area contributed by atoms with Gasteiger partial charge in [0.05, 0.1) is 7.11 Å². The summed E-state index contributed by atoms with van der Waals surface area (Å²) in [4.78, 5) is 26.4. The fourth-order valence-corrected chi connectivity index (χ4v) is 2.83. The van der Waals surface area contributed by atoms with E-state index in [1.54, 1.807) is 31.4 Å². The highest BCUT2D eigenvalue weighted by Crippen LogP contribution is 2.15. The van der Waals surface area contributed by atoms with Crippen molar-refractivity contribution < 1.29 is 14.3 Å². The third kappa shape index (κ3) is 5.36. The molecule has 5 nitrogen and oxygen atoms in total. The number of carbonyl (C=O) groups excluding carboxylic acids is 2. The Morgan fingerprint density at radius 3 is 2.70 bits per heavy atom. The monoisotopic (exact) mass is 318 g/mol. The molecule has 23 heavy (non-hydrogen) atoms. The zero-order valence-electron chi connectivity index (χ0n) is 14.0. The van der Waals surface area contributed by atoms with E-state index in [0.29, 0.717) is 23.9 Å². The van der Waals surface area contributed by atoms with Crippen LogP contribution in [0.5, 0.6) is 5.75 Å². The largest absolute Gasteiger partial charge is 0.497 e. The molecule has 0 radical (unpaired) electrons. The molecular formula is C18H26N2O3. The van der Waals surface area contributed by atoms with E-state index >= 15 is 0 Å². The van der Waals surface area contributed by atoms with Crippen molar-refractivity contribution in [3.05, 3.63) is 29.8 Å². The van der Waals surface area contributed by atoms with Crippen LogP contribution in [0.4, 0.5) is 0 Å². The molecule has 1 aromatic rings. The predicted molar refractivity (Wildman–Crippen MR) is 89.8 cm³/mol. The second kappa shape index (κ2) is 8.67. The topological polar surface area (TPSA) is 58.6 Å². The molecule has 0 spiro atoms. The predicted octanol–water partition coefficient (Wildman–Crippen LogP) is 2.26. The molecule has 1 heterocycles. The van der Waals surface area contributed by atoms with Crippen LogP contribution in [0.3, 0.4) is 0 Å². The Morgan fingerprint density at radius 1 is 1.26 bits per heavy atom. The van der Waals surface area contributed by atoms with Crippen molar-refractivity contribution in [3.63, 3.8) is 0 Å². The number of carbonyl (C=O) groups is 2. The van der Waals surface area contributed by atoms with Gasteiger partial charge in [-0.3, -0.25) is 14.5 Å². The van der Waals surface area contributed by atoms with Crippen LogP contribution in [0.25, 0.3) is 0 Å². The van der Waals surface area contributed by atoms with Crippen molar-refractivity contribution in [3.8, 4) is 5.75 Å². The van der Waals surface area contributed by atoms with Crippen LogP contribution in [-0.4, -0.2) is 49.4 Å². The SMILES string of the molecule is COc1cccc(C(=O)CCC(=O)NCC(C)N2CCCC2)c1. The van der Waals surface area contributed by atoms with Crippen molar-refractivity contribution in [1.29, 1.82) is 0 Å². The first-order valence-corrected chi connectivity index (χ1v) is 8.28. The van der Waals surface area contributed by atoms with E-state index in [1.807, 2.05) is 0 Å². The van der Waals surface area contributed by atoms with Gasteiger partial charge in [0.15, 0.2) is 5.78 Å². The van der Waals surface area contributed by atoms with Gasteiger partial charge in [0.2, 0.25) is 5.91 Å². The molecule has 2 rings (SSSR count). The number of benzene rings is 1. The Bertz CT molecular complexity index is 539. The summed E-state index contributed by atoms with van der Waals surface area (Å²) in [5.74, 6) is 0.554. The molecule has 1 aromatic carbocycles. The molecule has 1 N–H and O–H groups in total. The smallest absolute Gasteiger partial charge is 0.220 e. The average Bonchev–Trinajstić information content (AvgIpc) is 3.12. The Kier molecular flexibility index (Phi) is 6.59. The molecule has 1 atom stereocenters. The van der Waals surface area contributed by atoms with Gasteiger partial charge < -0.3 is 10.1 Å². The average molecular weight is 318 g/mol. The molecule has 1 aliphatic heterocycles. The Balaban J connectivity index is 1.71. The lowest BCUT2D eigenvalue weighted by atomic mass is 10.1. The van der Waals surface area contributed by atoms with Crippen LogP contribution >= 0.6 is 0 Å². The van der Waals surface area contributed by atoms with Crippen molar-refractivity contribution in [2.75, 3.05) is 26.7 Å². The number of amides is 1. The van der Waals surface area contributed by atoms with E-state index in [9.17, 15) is 9.59 Å². The Labute approximate surface area is 138 Å². The van der Waals surface area contributed by atoms with Crippen LogP contribution in [0.15, 0.2) is 24.3 Å². The fraction of sp³-hybridized carbons (Fsp3) is 0.556. The molecule has 1 aliphatic rings. The maximum Gasteiger partial charge on any atom is 0.220 e. The van der Waals surface area contributed by atoms with E-state index in [2.05, 4.69) is 17.1 Å². The van der Waals surface area contributed by atoms with Gasteiger partial charge in [0, 0.05) is 31.0 Å². The molecule has 1 fully saturated rings. The normalized spacial score (nSPS) is 16.1. The summed E-state index contributed by atoms with van der Waals surface area (Å²) < 4.78 is 5.11. The number of ketones is 1. The number of nitrogens with zero attached hydrogens (tertiary/aromatic N) is 1. The summed E-state index contributed by atoms with van der Waals surface area (Å²) in [5, 5.41) is 2.93. The minimum absolute atomic E-state index is 0.0355. The van der Waals surface area contributed by atoms with Crippen molar-refractivity contribution >= 4 is 11.7 Å². The first-order valence-electron chi connectivity index (χ1n) is 8.28. The van der Waals surface area contributed by atoms with Gasteiger partial charge in [0.1, 0.15) is 5.75 Å². The molecular weight excluding hydrogens is 292 g/mol. The molecule has 0 bridgehead atoms. The van der Waals surface area contributed by atoms with Gasteiger partial charge in [-0.25, -0.2) is 0 Å². The van der Waals surface area contributed by atoms with Crippen LogP contribution in [-0.2, 0) is 4.79 Å². The fourth-order valence-electron chi connectivity index (χ4n) is 2.83. The van der Waals surface area contributed by atoms with E-state index in [1.165, 1.54) is 12.8 Å². The number of Topliss-reactive ketones (excluding diaryl/α,β-unsaturated/α-hetero) is 1. The number of likely N-dealkylation sites (tertiary alicyclic amines) is 1. The number of rotatable bonds is 8. The lowest BCUT2D eigenvalue weighted by Gasteiger charge is -2.23. The second-order valence-corrected chi connectivity index (χ2v) is 6.05. The van der Waals surface area contributed by atoms with Crippen LogP contribution < -0.4 is 10.1 Å². The molecule has 0 aliphatic carbocycles. The summed E-state index contributed by atoms with van der Waals surface area (Å²) in [6.45, 7) is 5.01. The lowest BCUT2D eigenvalue weighted by molar-refractivity contribution is -0.121. The Morgan fingerprint density at radius 2 is 2.00 bits per heavy atom. The van der Waals surface area contributed by atoms with Crippen LogP contribution in [0.2, 0.25) is 0 Å². The summed E-state index contributed by atoms with van der Waals surface area (Å²) >= 11 is 0. The maximum atomic E-state index is 12.1. The first kappa shape index (κ1) is 17.5. The molecule has 0 aromatic heterocycles. The molecule has 5 heteroatoms. The molecule has 1 saturated heterocycles. The third-order valence-corrected chi connectivity index (χ3v) is 4.33. The minimum Gasteiger partial charge on any atom is -0.497 e. The zero-order chi connectivity index (χ0) is 16.7. The summed E-state index contributed by atoms with van der Waals surface area (Å²) in [6, 6.07) is 7.39. The first-order chi connectivity index (χ1) is 11.1. The van der Waals surface area contributed by atoms with Gasteiger partial charge in [-0.1, -0.05) is 12.1 Å². The standard InChI is InChI=1S/C18H26N2O3/c1-14(20-10-3-4-11-20)13-19-18(22)9-8-17(21)15-6-5-7-16(12-15)23-2/h5-7,12,14H,3-4,8-11,13H2,1-2H3,(H,19,22). The maximum absolute atomic E-state index is 12.1. The molecule has 1 unspecified atom stereocenters. The highest BCUT2D eigenvalue weighted by atomic mass is 16.5. The van der Waals surface area contributed by atoms with Crippen LogP contribution in [0, 0.1) is 0 Å². The minimum atomic E-state index is -0.0627. The van der Waals surface area contributed by atoms with Crippen LogP contribution in [0.1, 0.15) is 43.0 Å². The number of ether oxygens (including phenoxy) is 1. The number of hydrogen-bond donors (Lipinski definition) is 1. The number of methoxy groups -OCH3 is 1. The number of hydrogen-bond acceptors (Lipinski definition) is 4. The van der Waals surface area contributed by atoms with E-state index in [4.69, 9.17) is 4.74 Å².